The fraction of sp³-hybridized carbons (Fsp3) is 0.500. The molecule has 0 saturated carbocycles. The summed E-state index contributed by atoms with van der Waals surface area (Å²) in [5.74, 6) is 0.948. The molecule has 4 nitrogen and oxygen atoms in total. The Morgan fingerprint density at radius 3 is 2.39 bits per heavy atom. The smallest absolute Gasteiger partial charge is 0.224 e. The Morgan fingerprint density at radius 1 is 1.33 bits per heavy atom. The molecule has 2 rings (SSSR count). The van der Waals surface area contributed by atoms with Crippen molar-refractivity contribution in [3.05, 3.63) is 29.8 Å². The van der Waals surface area contributed by atoms with Crippen molar-refractivity contribution in [2.75, 3.05) is 7.05 Å². The molecule has 1 saturated heterocycles. The number of nitrogens with two attached hydrogens (primary N) is 1. The largest absolute Gasteiger partial charge is 0.491 e. The van der Waals surface area contributed by atoms with Gasteiger partial charge >= 0.3 is 0 Å². The van der Waals surface area contributed by atoms with Crippen molar-refractivity contribution in [3.8, 4) is 5.75 Å². The van der Waals surface area contributed by atoms with Gasteiger partial charge in [-0.1, -0.05) is 12.1 Å². The molecular weight excluding hydrogens is 228 g/mol. The molecule has 1 amide bonds. The lowest BCUT2D eigenvalue weighted by atomic mass is 10.0. The summed E-state index contributed by atoms with van der Waals surface area (Å²) < 4.78 is 5.59. The van der Waals surface area contributed by atoms with Gasteiger partial charge in [0, 0.05) is 19.5 Å². The molecule has 0 unspecified atom stereocenters. The summed E-state index contributed by atoms with van der Waals surface area (Å²) >= 11 is 0. The van der Waals surface area contributed by atoms with Gasteiger partial charge in [0.1, 0.15) is 5.75 Å². The number of hydrogen-bond acceptors (Lipinski definition) is 3. The zero-order valence-corrected chi connectivity index (χ0v) is 11.1. The molecule has 98 valence electrons. The quantitative estimate of drug-likeness (QED) is 0.886. The predicted octanol–water partition coefficient (Wildman–Crippen LogP) is 1.70. The van der Waals surface area contributed by atoms with Crippen LogP contribution >= 0.6 is 0 Å². The maximum atomic E-state index is 11.6. The zero-order valence-electron chi connectivity index (χ0n) is 11.1. The lowest BCUT2D eigenvalue weighted by molar-refractivity contribution is -0.127. The molecule has 0 spiro atoms. The van der Waals surface area contributed by atoms with Crippen molar-refractivity contribution >= 4 is 5.91 Å². The zero-order chi connectivity index (χ0) is 13.3. The average Bonchev–Trinajstić information content (AvgIpc) is 2.54. The third-order valence-electron chi connectivity index (χ3n) is 3.22. The van der Waals surface area contributed by atoms with Gasteiger partial charge in [-0.3, -0.25) is 4.79 Å². The summed E-state index contributed by atoms with van der Waals surface area (Å²) in [7, 11) is 1.80. The highest BCUT2D eigenvalue weighted by molar-refractivity contribution is 5.80. The van der Waals surface area contributed by atoms with Crippen LogP contribution < -0.4 is 10.5 Å². The first-order chi connectivity index (χ1) is 8.49. The van der Waals surface area contributed by atoms with Gasteiger partial charge in [-0.05, 0) is 31.5 Å². The van der Waals surface area contributed by atoms with Crippen LogP contribution in [-0.2, 0) is 4.79 Å². The van der Waals surface area contributed by atoms with Gasteiger partial charge in [0.25, 0.3) is 0 Å². The standard InChI is InChI=1S/C14H20N2O2/c1-9(2)18-11-6-4-10(5-7-11)14-12(15)8-13(17)16(14)3/h4-7,9,12,14H,8,15H2,1-3H3/t12-,14+/m0/s1. The third-order valence-corrected chi connectivity index (χ3v) is 3.22. The molecule has 0 aliphatic carbocycles. The second-order valence-electron chi connectivity index (χ2n) is 5.05. The van der Waals surface area contributed by atoms with Crippen LogP contribution in [0.3, 0.4) is 0 Å². The van der Waals surface area contributed by atoms with Crippen molar-refractivity contribution < 1.29 is 9.53 Å². The van der Waals surface area contributed by atoms with E-state index in [2.05, 4.69) is 0 Å². The molecule has 0 bridgehead atoms. The number of benzene rings is 1. The molecule has 1 fully saturated rings. The molecule has 1 aromatic rings. The number of nitrogens with zero attached hydrogens (tertiary/aromatic N) is 1. The van der Waals surface area contributed by atoms with Crippen LogP contribution in [0.25, 0.3) is 0 Å². The molecule has 18 heavy (non-hydrogen) atoms. The first kappa shape index (κ1) is 12.9. The summed E-state index contributed by atoms with van der Waals surface area (Å²) in [5, 5.41) is 0. The van der Waals surface area contributed by atoms with E-state index in [-0.39, 0.29) is 24.1 Å². The van der Waals surface area contributed by atoms with E-state index in [9.17, 15) is 4.79 Å². The Kier molecular flexibility index (Phi) is 3.57. The van der Waals surface area contributed by atoms with Crippen LogP contribution in [0.5, 0.6) is 5.75 Å². The van der Waals surface area contributed by atoms with Gasteiger partial charge in [0.15, 0.2) is 0 Å². The number of carbonyl (C=O) groups is 1. The van der Waals surface area contributed by atoms with Gasteiger partial charge in [-0.15, -0.1) is 0 Å². The van der Waals surface area contributed by atoms with E-state index >= 15 is 0 Å². The summed E-state index contributed by atoms with van der Waals surface area (Å²) in [6.45, 7) is 3.99. The van der Waals surface area contributed by atoms with Crippen LogP contribution in [0.15, 0.2) is 24.3 Å². The number of rotatable bonds is 3. The topological polar surface area (TPSA) is 55.6 Å². The van der Waals surface area contributed by atoms with E-state index in [4.69, 9.17) is 10.5 Å². The molecule has 1 aromatic carbocycles. The summed E-state index contributed by atoms with van der Waals surface area (Å²) in [5.41, 5.74) is 7.08. The molecule has 2 atom stereocenters. The number of likely N-dealkylation sites (tertiary alicyclic amines) is 1. The number of hydrogen-bond donors (Lipinski definition) is 1. The second kappa shape index (κ2) is 4.98. The molecule has 2 N–H and O–H groups in total. The molecular formula is C14H20N2O2. The Bertz CT molecular complexity index is 428. The fourth-order valence-corrected chi connectivity index (χ4v) is 2.39. The lowest BCUT2D eigenvalue weighted by Gasteiger charge is -2.23. The molecule has 0 radical (unpaired) electrons. The SMILES string of the molecule is CC(C)Oc1ccc([C@@H]2[C@@H](N)CC(=O)N2C)cc1. The highest BCUT2D eigenvalue weighted by Gasteiger charge is 2.35. The van der Waals surface area contributed by atoms with Crippen LogP contribution in [0, 0.1) is 0 Å². The van der Waals surface area contributed by atoms with Crippen LogP contribution in [-0.4, -0.2) is 30.0 Å². The first-order valence-electron chi connectivity index (χ1n) is 6.27. The van der Waals surface area contributed by atoms with Gasteiger partial charge in [0.2, 0.25) is 5.91 Å². The number of likely N-dealkylation sites (N-methyl/N-ethyl adjacent to an activating group) is 1. The first-order valence-corrected chi connectivity index (χ1v) is 6.27. The van der Waals surface area contributed by atoms with E-state index in [0.29, 0.717) is 6.42 Å². The number of amides is 1. The van der Waals surface area contributed by atoms with Crippen molar-refractivity contribution in [1.29, 1.82) is 0 Å². The van der Waals surface area contributed by atoms with E-state index in [1.165, 1.54) is 0 Å². The Balaban J connectivity index is 2.17. The summed E-state index contributed by atoms with van der Waals surface area (Å²) in [6, 6.07) is 7.68. The monoisotopic (exact) mass is 248 g/mol. The van der Waals surface area contributed by atoms with E-state index in [0.717, 1.165) is 11.3 Å². The normalized spacial score (nSPS) is 23.8. The van der Waals surface area contributed by atoms with Crippen LogP contribution in [0.4, 0.5) is 0 Å². The lowest BCUT2D eigenvalue weighted by Crippen LogP contribution is -2.30. The third kappa shape index (κ3) is 2.48. The summed E-state index contributed by atoms with van der Waals surface area (Å²) in [4.78, 5) is 13.3. The van der Waals surface area contributed by atoms with Crippen molar-refractivity contribution in [1.82, 2.24) is 4.90 Å². The van der Waals surface area contributed by atoms with Crippen molar-refractivity contribution in [2.45, 2.75) is 38.5 Å². The summed E-state index contributed by atoms with van der Waals surface area (Å²) in [6.07, 6.45) is 0.583. The molecule has 4 heteroatoms. The minimum absolute atomic E-state index is 0.0226. The van der Waals surface area contributed by atoms with E-state index in [1.807, 2.05) is 38.1 Å². The Hall–Kier alpha value is -1.55. The van der Waals surface area contributed by atoms with Gasteiger partial charge < -0.3 is 15.4 Å². The predicted molar refractivity (Wildman–Crippen MR) is 70.3 cm³/mol. The number of carbonyl (C=O) groups excluding carboxylic acids is 1. The molecule has 1 heterocycles. The number of ether oxygens (including phenoxy) is 1. The van der Waals surface area contributed by atoms with E-state index < -0.39 is 0 Å². The van der Waals surface area contributed by atoms with Gasteiger partial charge in [0.05, 0.1) is 12.1 Å². The minimum Gasteiger partial charge on any atom is -0.491 e. The van der Waals surface area contributed by atoms with Gasteiger partial charge in [-0.2, -0.15) is 0 Å². The maximum Gasteiger partial charge on any atom is 0.224 e. The highest BCUT2D eigenvalue weighted by Crippen LogP contribution is 2.31. The fourth-order valence-electron chi connectivity index (χ4n) is 2.39. The van der Waals surface area contributed by atoms with Gasteiger partial charge in [-0.25, -0.2) is 0 Å². The maximum absolute atomic E-state index is 11.6. The van der Waals surface area contributed by atoms with Crippen molar-refractivity contribution in [3.63, 3.8) is 0 Å². The second-order valence-corrected chi connectivity index (χ2v) is 5.05. The Labute approximate surface area is 108 Å². The van der Waals surface area contributed by atoms with E-state index in [1.54, 1.807) is 11.9 Å². The highest BCUT2D eigenvalue weighted by atomic mass is 16.5. The van der Waals surface area contributed by atoms with Crippen molar-refractivity contribution in [2.24, 2.45) is 5.73 Å². The van der Waals surface area contributed by atoms with Crippen LogP contribution in [0.2, 0.25) is 0 Å². The minimum atomic E-state index is -0.126. The Morgan fingerprint density at radius 2 is 1.94 bits per heavy atom. The molecule has 1 aliphatic heterocycles. The van der Waals surface area contributed by atoms with Crippen LogP contribution in [0.1, 0.15) is 31.9 Å². The molecule has 0 aromatic heterocycles. The average molecular weight is 248 g/mol. The molecule has 1 aliphatic rings.